The molecule has 4 heteroatoms. The van der Waals surface area contributed by atoms with E-state index in [9.17, 15) is 9.18 Å². The summed E-state index contributed by atoms with van der Waals surface area (Å²) in [6.45, 7) is 2.79. The van der Waals surface area contributed by atoms with E-state index in [1.165, 1.54) is 18.2 Å². The number of nitrogen functional groups attached to an aromatic ring is 1. The Labute approximate surface area is 101 Å². The molecule has 17 heavy (non-hydrogen) atoms. The normalized spacial score (nSPS) is 10.3. The summed E-state index contributed by atoms with van der Waals surface area (Å²) in [7, 11) is 1.72. The summed E-state index contributed by atoms with van der Waals surface area (Å²) in [5, 5.41) is 0. The lowest BCUT2D eigenvalue weighted by Gasteiger charge is -2.17. The molecule has 0 bridgehead atoms. The summed E-state index contributed by atoms with van der Waals surface area (Å²) in [5.74, 6) is -0.664. The molecule has 0 aliphatic carbocycles. The van der Waals surface area contributed by atoms with E-state index < -0.39 is 5.82 Å². The van der Waals surface area contributed by atoms with Crippen molar-refractivity contribution in [3.8, 4) is 0 Å². The largest absolute Gasteiger partial charge is 0.399 e. The smallest absolute Gasteiger partial charge is 0.253 e. The van der Waals surface area contributed by atoms with Crippen LogP contribution in [0.5, 0.6) is 0 Å². The maximum absolute atomic E-state index is 13.1. The van der Waals surface area contributed by atoms with Gasteiger partial charge in [-0.1, -0.05) is 19.8 Å². The first kappa shape index (κ1) is 13.5. The zero-order chi connectivity index (χ0) is 12.8. The number of unbranched alkanes of at least 4 members (excludes halogenated alkanes) is 2. The van der Waals surface area contributed by atoms with Gasteiger partial charge in [-0.05, 0) is 24.6 Å². The van der Waals surface area contributed by atoms with Gasteiger partial charge in [0.15, 0.2) is 0 Å². The lowest BCUT2D eigenvalue weighted by molar-refractivity contribution is 0.0792. The fourth-order valence-corrected chi connectivity index (χ4v) is 1.66. The van der Waals surface area contributed by atoms with Crippen LogP contribution in [0.4, 0.5) is 10.1 Å². The van der Waals surface area contributed by atoms with Gasteiger partial charge in [0, 0.05) is 24.8 Å². The number of hydrogen-bond donors (Lipinski definition) is 1. The first-order valence-corrected chi connectivity index (χ1v) is 5.86. The molecule has 0 aliphatic heterocycles. The topological polar surface area (TPSA) is 46.3 Å². The number of amides is 1. The van der Waals surface area contributed by atoms with Crippen LogP contribution in [0.15, 0.2) is 18.2 Å². The van der Waals surface area contributed by atoms with Gasteiger partial charge < -0.3 is 10.6 Å². The second kappa shape index (κ2) is 6.23. The molecular weight excluding hydrogens is 219 g/mol. The minimum atomic E-state index is -0.477. The number of anilines is 1. The van der Waals surface area contributed by atoms with Gasteiger partial charge in [-0.2, -0.15) is 0 Å². The highest BCUT2D eigenvalue weighted by Crippen LogP contribution is 2.13. The van der Waals surface area contributed by atoms with Gasteiger partial charge >= 0.3 is 0 Å². The van der Waals surface area contributed by atoms with Crippen LogP contribution in [-0.4, -0.2) is 24.4 Å². The Morgan fingerprint density at radius 3 is 2.65 bits per heavy atom. The van der Waals surface area contributed by atoms with E-state index in [1.54, 1.807) is 11.9 Å². The van der Waals surface area contributed by atoms with E-state index in [4.69, 9.17) is 5.73 Å². The van der Waals surface area contributed by atoms with Crippen molar-refractivity contribution < 1.29 is 9.18 Å². The molecule has 3 nitrogen and oxygen atoms in total. The van der Waals surface area contributed by atoms with Crippen molar-refractivity contribution in [3.05, 3.63) is 29.6 Å². The zero-order valence-corrected chi connectivity index (χ0v) is 10.4. The molecule has 0 radical (unpaired) electrons. The van der Waals surface area contributed by atoms with Gasteiger partial charge in [0.25, 0.3) is 5.91 Å². The Kier molecular flexibility index (Phi) is 4.94. The van der Waals surface area contributed by atoms with E-state index in [0.29, 0.717) is 12.1 Å². The summed E-state index contributed by atoms with van der Waals surface area (Å²) in [6.07, 6.45) is 3.15. The van der Waals surface area contributed by atoms with E-state index in [0.717, 1.165) is 19.3 Å². The third-order valence-corrected chi connectivity index (χ3v) is 2.61. The Hall–Kier alpha value is -1.58. The van der Waals surface area contributed by atoms with Crippen LogP contribution in [0.2, 0.25) is 0 Å². The van der Waals surface area contributed by atoms with Crippen molar-refractivity contribution in [2.45, 2.75) is 26.2 Å². The third-order valence-electron chi connectivity index (χ3n) is 2.61. The third kappa shape index (κ3) is 4.06. The fraction of sp³-hybridized carbons (Fsp3) is 0.462. The molecule has 0 aromatic heterocycles. The van der Waals surface area contributed by atoms with Gasteiger partial charge in [0.2, 0.25) is 0 Å². The van der Waals surface area contributed by atoms with E-state index in [1.807, 2.05) is 0 Å². The van der Waals surface area contributed by atoms with Crippen LogP contribution in [0.1, 0.15) is 36.5 Å². The average molecular weight is 238 g/mol. The number of halogens is 1. The molecule has 0 saturated carbocycles. The highest BCUT2D eigenvalue weighted by molar-refractivity contribution is 5.94. The van der Waals surface area contributed by atoms with Gasteiger partial charge in [-0.15, -0.1) is 0 Å². The van der Waals surface area contributed by atoms with Gasteiger partial charge in [0.1, 0.15) is 5.82 Å². The number of carbonyl (C=O) groups excluding carboxylic acids is 1. The molecule has 0 spiro atoms. The van der Waals surface area contributed by atoms with Crippen molar-refractivity contribution >= 4 is 11.6 Å². The van der Waals surface area contributed by atoms with Gasteiger partial charge in [-0.3, -0.25) is 4.79 Å². The molecule has 1 aromatic rings. The summed E-state index contributed by atoms with van der Waals surface area (Å²) in [6, 6.07) is 3.92. The first-order chi connectivity index (χ1) is 8.04. The lowest BCUT2D eigenvalue weighted by Crippen LogP contribution is -2.27. The number of nitrogens with two attached hydrogens (primary N) is 1. The van der Waals surface area contributed by atoms with E-state index in [-0.39, 0.29) is 11.6 Å². The molecule has 0 fully saturated rings. The highest BCUT2D eigenvalue weighted by Gasteiger charge is 2.12. The number of carbonyl (C=O) groups is 1. The standard InChI is InChI=1S/C13H19FN2O/c1-3-4-5-6-16(2)13(17)10-7-11(14)9-12(15)8-10/h7-9H,3-6,15H2,1-2H3. The summed E-state index contributed by atoms with van der Waals surface area (Å²) >= 11 is 0. The zero-order valence-electron chi connectivity index (χ0n) is 10.4. The van der Waals surface area contributed by atoms with Crippen molar-refractivity contribution in [2.75, 3.05) is 19.3 Å². The SMILES string of the molecule is CCCCCN(C)C(=O)c1cc(N)cc(F)c1. The summed E-state index contributed by atoms with van der Waals surface area (Å²) in [5.41, 5.74) is 6.09. The maximum Gasteiger partial charge on any atom is 0.253 e. The predicted molar refractivity (Wildman–Crippen MR) is 67.3 cm³/mol. The fourth-order valence-electron chi connectivity index (χ4n) is 1.66. The molecule has 2 N–H and O–H groups in total. The Morgan fingerprint density at radius 1 is 1.35 bits per heavy atom. The molecule has 94 valence electrons. The van der Waals surface area contributed by atoms with Crippen LogP contribution >= 0.6 is 0 Å². The number of rotatable bonds is 5. The summed E-state index contributed by atoms with van der Waals surface area (Å²) in [4.78, 5) is 13.5. The van der Waals surface area contributed by atoms with Crippen molar-refractivity contribution in [3.63, 3.8) is 0 Å². The van der Waals surface area contributed by atoms with Crippen LogP contribution in [0.3, 0.4) is 0 Å². The molecule has 0 heterocycles. The monoisotopic (exact) mass is 238 g/mol. The lowest BCUT2D eigenvalue weighted by atomic mass is 10.1. The minimum Gasteiger partial charge on any atom is -0.399 e. The number of hydrogen-bond acceptors (Lipinski definition) is 2. The second-order valence-electron chi connectivity index (χ2n) is 4.21. The molecule has 1 amide bonds. The molecule has 0 atom stereocenters. The minimum absolute atomic E-state index is 0.188. The van der Waals surface area contributed by atoms with E-state index >= 15 is 0 Å². The van der Waals surface area contributed by atoms with Crippen molar-refractivity contribution in [1.29, 1.82) is 0 Å². The van der Waals surface area contributed by atoms with Crippen LogP contribution in [0.25, 0.3) is 0 Å². The van der Waals surface area contributed by atoms with E-state index in [2.05, 4.69) is 6.92 Å². The summed E-state index contributed by atoms with van der Waals surface area (Å²) < 4.78 is 13.1. The quantitative estimate of drug-likeness (QED) is 0.633. The van der Waals surface area contributed by atoms with Crippen LogP contribution in [0, 0.1) is 5.82 Å². The second-order valence-corrected chi connectivity index (χ2v) is 4.21. The maximum atomic E-state index is 13.1. The van der Waals surface area contributed by atoms with Crippen LogP contribution < -0.4 is 5.73 Å². The van der Waals surface area contributed by atoms with Crippen molar-refractivity contribution in [2.24, 2.45) is 0 Å². The average Bonchev–Trinajstić information content (AvgIpc) is 2.27. The Morgan fingerprint density at radius 2 is 2.06 bits per heavy atom. The van der Waals surface area contributed by atoms with Gasteiger partial charge in [-0.25, -0.2) is 4.39 Å². The molecule has 0 saturated heterocycles. The molecular formula is C13H19FN2O. The molecule has 0 unspecified atom stereocenters. The Balaban J connectivity index is 2.68. The molecule has 1 rings (SSSR count). The highest BCUT2D eigenvalue weighted by atomic mass is 19.1. The van der Waals surface area contributed by atoms with Crippen LogP contribution in [-0.2, 0) is 0 Å². The predicted octanol–water partition coefficient (Wildman–Crippen LogP) is 2.67. The number of benzene rings is 1. The van der Waals surface area contributed by atoms with Crippen molar-refractivity contribution in [1.82, 2.24) is 4.90 Å². The first-order valence-electron chi connectivity index (χ1n) is 5.86. The van der Waals surface area contributed by atoms with Gasteiger partial charge in [0.05, 0.1) is 0 Å². The Bertz CT molecular complexity index is 373. The molecule has 1 aromatic carbocycles. The molecule has 0 aliphatic rings. The number of nitrogens with zero attached hydrogens (tertiary/aromatic N) is 1.